The van der Waals surface area contributed by atoms with Crippen molar-refractivity contribution in [2.24, 2.45) is 5.92 Å². The molecule has 1 aliphatic heterocycles. The van der Waals surface area contributed by atoms with E-state index in [0.29, 0.717) is 38.2 Å². The number of carbonyl (C=O) groups is 1. The summed E-state index contributed by atoms with van der Waals surface area (Å²) in [6.07, 6.45) is 0.943. The Morgan fingerprint density at radius 2 is 1.90 bits per heavy atom. The molecule has 8 heteroatoms. The van der Waals surface area contributed by atoms with Gasteiger partial charge < -0.3 is 14.8 Å². The van der Waals surface area contributed by atoms with Gasteiger partial charge in [0.15, 0.2) is 0 Å². The van der Waals surface area contributed by atoms with Crippen LogP contribution in [0.3, 0.4) is 0 Å². The molecule has 0 spiro atoms. The predicted octanol–water partition coefficient (Wildman–Crippen LogP) is 2.42. The quantitative estimate of drug-likeness (QED) is 0.712. The summed E-state index contributed by atoms with van der Waals surface area (Å²) in [5.41, 5.74) is 1.03. The largest absolute Gasteiger partial charge is 0.497 e. The van der Waals surface area contributed by atoms with Crippen LogP contribution in [-0.2, 0) is 21.4 Å². The Labute approximate surface area is 171 Å². The fourth-order valence-corrected chi connectivity index (χ4v) is 5.14. The van der Waals surface area contributed by atoms with Crippen LogP contribution in [0, 0.1) is 5.92 Å². The Balaban J connectivity index is 1.62. The lowest BCUT2D eigenvalue weighted by Gasteiger charge is -2.19. The molecule has 3 rings (SSSR count). The number of carbonyl (C=O) groups excluding carboxylic acids is 1. The van der Waals surface area contributed by atoms with E-state index in [-0.39, 0.29) is 22.5 Å². The Hall–Kier alpha value is -2.58. The van der Waals surface area contributed by atoms with Gasteiger partial charge in [-0.3, -0.25) is 4.79 Å². The van der Waals surface area contributed by atoms with Crippen LogP contribution in [0.1, 0.15) is 18.4 Å². The molecule has 0 aliphatic carbocycles. The van der Waals surface area contributed by atoms with Crippen molar-refractivity contribution >= 4 is 15.9 Å². The van der Waals surface area contributed by atoms with Gasteiger partial charge in [0.1, 0.15) is 16.4 Å². The minimum Gasteiger partial charge on any atom is -0.497 e. The number of amides is 1. The standard InChI is InChI=1S/C21H26N2O5S/c1-27-18-8-9-19(28-2)20(13-18)29(25,26)23-11-10-17(15-23)12-21(24)22-14-16-6-4-3-5-7-16/h3-9,13,17H,10-12,14-15H2,1-2H3,(H,22,24). The van der Waals surface area contributed by atoms with Crippen molar-refractivity contribution in [1.29, 1.82) is 0 Å². The number of nitrogens with one attached hydrogen (secondary N) is 1. The highest BCUT2D eigenvalue weighted by Gasteiger charge is 2.35. The van der Waals surface area contributed by atoms with Crippen molar-refractivity contribution in [3.63, 3.8) is 0 Å². The maximum Gasteiger partial charge on any atom is 0.246 e. The van der Waals surface area contributed by atoms with E-state index in [0.717, 1.165) is 5.56 Å². The van der Waals surface area contributed by atoms with E-state index in [1.165, 1.54) is 24.6 Å². The van der Waals surface area contributed by atoms with Gasteiger partial charge in [-0.1, -0.05) is 30.3 Å². The minimum absolute atomic E-state index is 0.0165. The van der Waals surface area contributed by atoms with Gasteiger partial charge in [-0.25, -0.2) is 8.42 Å². The van der Waals surface area contributed by atoms with Gasteiger partial charge in [-0.15, -0.1) is 0 Å². The van der Waals surface area contributed by atoms with Crippen molar-refractivity contribution in [3.05, 3.63) is 54.1 Å². The van der Waals surface area contributed by atoms with Crippen molar-refractivity contribution in [2.45, 2.75) is 24.3 Å². The van der Waals surface area contributed by atoms with E-state index >= 15 is 0 Å². The second-order valence-electron chi connectivity index (χ2n) is 7.00. The van der Waals surface area contributed by atoms with Crippen molar-refractivity contribution < 1.29 is 22.7 Å². The van der Waals surface area contributed by atoms with E-state index in [1.807, 2.05) is 30.3 Å². The maximum atomic E-state index is 13.1. The molecule has 29 heavy (non-hydrogen) atoms. The van der Waals surface area contributed by atoms with E-state index in [4.69, 9.17) is 9.47 Å². The second kappa shape index (κ2) is 9.28. The number of benzene rings is 2. The van der Waals surface area contributed by atoms with E-state index < -0.39 is 10.0 Å². The van der Waals surface area contributed by atoms with Gasteiger partial charge >= 0.3 is 0 Å². The fourth-order valence-electron chi connectivity index (χ4n) is 3.44. The van der Waals surface area contributed by atoms with Crippen molar-refractivity contribution in [3.8, 4) is 11.5 Å². The van der Waals surface area contributed by atoms with Gasteiger partial charge in [-0.2, -0.15) is 4.31 Å². The molecule has 1 amide bonds. The minimum atomic E-state index is -3.74. The number of ether oxygens (including phenoxy) is 2. The predicted molar refractivity (Wildman–Crippen MR) is 109 cm³/mol. The lowest BCUT2D eigenvalue weighted by molar-refractivity contribution is -0.122. The topological polar surface area (TPSA) is 84.9 Å². The molecule has 1 unspecified atom stereocenters. The number of hydrogen-bond donors (Lipinski definition) is 1. The second-order valence-corrected chi connectivity index (χ2v) is 8.91. The third-order valence-electron chi connectivity index (χ3n) is 5.04. The molecule has 1 atom stereocenters. The third kappa shape index (κ3) is 5.07. The molecule has 2 aromatic rings. The van der Waals surface area contributed by atoms with Crippen LogP contribution in [0.4, 0.5) is 0 Å². The Morgan fingerprint density at radius 1 is 1.14 bits per heavy atom. The third-order valence-corrected chi connectivity index (χ3v) is 6.93. The molecular weight excluding hydrogens is 392 g/mol. The zero-order valence-electron chi connectivity index (χ0n) is 16.6. The van der Waals surface area contributed by atoms with Crippen LogP contribution in [0.15, 0.2) is 53.4 Å². The molecule has 1 fully saturated rings. The lowest BCUT2D eigenvalue weighted by Crippen LogP contribution is -2.30. The molecule has 7 nitrogen and oxygen atoms in total. The first-order chi connectivity index (χ1) is 13.9. The number of hydrogen-bond acceptors (Lipinski definition) is 5. The summed E-state index contributed by atoms with van der Waals surface area (Å²) in [5, 5.41) is 2.90. The molecular formula is C21H26N2O5S. The highest BCUT2D eigenvalue weighted by molar-refractivity contribution is 7.89. The highest BCUT2D eigenvalue weighted by Crippen LogP contribution is 2.33. The first-order valence-electron chi connectivity index (χ1n) is 9.47. The lowest BCUT2D eigenvalue weighted by atomic mass is 10.0. The van der Waals surface area contributed by atoms with Gasteiger partial charge in [0.2, 0.25) is 15.9 Å². The van der Waals surface area contributed by atoms with Crippen molar-refractivity contribution in [2.75, 3.05) is 27.3 Å². The summed E-state index contributed by atoms with van der Waals surface area (Å²) in [6.45, 7) is 1.15. The first-order valence-corrected chi connectivity index (χ1v) is 10.9. The van der Waals surface area contributed by atoms with Gasteiger partial charge in [0.05, 0.1) is 14.2 Å². The van der Waals surface area contributed by atoms with Gasteiger partial charge in [0.25, 0.3) is 0 Å². The molecule has 156 valence electrons. The van der Waals surface area contributed by atoms with Gasteiger partial charge in [0, 0.05) is 32.1 Å². The van der Waals surface area contributed by atoms with Crippen LogP contribution in [0.25, 0.3) is 0 Å². The van der Waals surface area contributed by atoms with Gasteiger partial charge in [-0.05, 0) is 30.0 Å². The monoisotopic (exact) mass is 418 g/mol. The van der Waals surface area contributed by atoms with Crippen molar-refractivity contribution in [1.82, 2.24) is 9.62 Å². The molecule has 2 aromatic carbocycles. The molecule has 1 N–H and O–H groups in total. The summed E-state index contributed by atoms with van der Waals surface area (Å²) in [4.78, 5) is 12.3. The summed E-state index contributed by atoms with van der Waals surface area (Å²) >= 11 is 0. The van der Waals surface area contributed by atoms with Crippen LogP contribution in [-0.4, -0.2) is 45.9 Å². The van der Waals surface area contributed by atoms with Crippen LogP contribution < -0.4 is 14.8 Å². The van der Waals surface area contributed by atoms with E-state index in [2.05, 4.69) is 5.32 Å². The van der Waals surface area contributed by atoms with E-state index in [1.54, 1.807) is 12.1 Å². The number of sulfonamides is 1. The molecule has 0 saturated carbocycles. The molecule has 0 bridgehead atoms. The molecule has 1 heterocycles. The molecule has 1 saturated heterocycles. The zero-order chi connectivity index (χ0) is 20.9. The number of nitrogens with zero attached hydrogens (tertiary/aromatic N) is 1. The number of methoxy groups -OCH3 is 2. The summed E-state index contributed by atoms with van der Waals surface area (Å²) in [6, 6.07) is 14.4. The molecule has 0 aromatic heterocycles. The summed E-state index contributed by atoms with van der Waals surface area (Å²) in [5.74, 6) is 0.629. The maximum absolute atomic E-state index is 13.1. The average molecular weight is 419 g/mol. The SMILES string of the molecule is COc1ccc(OC)c(S(=O)(=O)N2CCC(CC(=O)NCc3ccccc3)C2)c1. The first kappa shape index (κ1) is 21.1. The zero-order valence-corrected chi connectivity index (χ0v) is 17.4. The highest BCUT2D eigenvalue weighted by atomic mass is 32.2. The summed E-state index contributed by atoms with van der Waals surface area (Å²) < 4.78 is 38.0. The Morgan fingerprint density at radius 3 is 2.59 bits per heavy atom. The summed E-state index contributed by atoms with van der Waals surface area (Å²) in [7, 11) is -0.822. The Kier molecular flexibility index (Phi) is 6.76. The normalized spacial score (nSPS) is 17.1. The fraction of sp³-hybridized carbons (Fsp3) is 0.381. The smallest absolute Gasteiger partial charge is 0.246 e. The Bertz CT molecular complexity index is 947. The van der Waals surface area contributed by atoms with Crippen LogP contribution in [0.2, 0.25) is 0 Å². The number of rotatable bonds is 8. The molecule has 0 radical (unpaired) electrons. The average Bonchev–Trinajstić information content (AvgIpc) is 3.21. The molecule has 1 aliphatic rings. The van der Waals surface area contributed by atoms with Crippen LogP contribution in [0.5, 0.6) is 11.5 Å². The van der Waals surface area contributed by atoms with Crippen LogP contribution >= 0.6 is 0 Å². The van der Waals surface area contributed by atoms with E-state index in [9.17, 15) is 13.2 Å².